The molecule has 0 aliphatic heterocycles. The Kier molecular flexibility index (Phi) is 9.88. The van der Waals surface area contributed by atoms with Crippen LogP contribution in [0, 0.1) is 0 Å². The maximum absolute atomic E-state index is 15.1. The highest BCUT2D eigenvalue weighted by atomic mass is 32.9. The minimum atomic E-state index is -3.29. The first-order chi connectivity index (χ1) is 22.2. The molecule has 1 N–H and O–H groups in total. The minimum absolute atomic E-state index is 0.0666. The third-order valence-electron chi connectivity index (χ3n) is 8.27. The van der Waals surface area contributed by atoms with Crippen molar-refractivity contribution in [3.8, 4) is 0 Å². The van der Waals surface area contributed by atoms with E-state index in [0.717, 1.165) is 55.8 Å². The zero-order valence-corrected chi connectivity index (χ0v) is 29.3. The summed E-state index contributed by atoms with van der Waals surface area (Å²) in [6.07, 6.45) is 5.63. The van der Waals surface area contributed by atoms with Gasteiger partial charge in [0, 0.05) is 35.4 Å². The molecule has 12 heteroatoms. The lowest BCUT2D eigenvalue weighted by Gasteiger charge is -2.16. The number of carbonyl (C=O) groups excluding carboxylic acids is 1. The number of fused-ring (bicyclic) bond motifs is 2. The Labute approximate surface area is 275 Å². The summed E-state index contributed by atoms with van der Waals surface area (Å²) in [7, 11) is -3.95. The summed E-state index contributed by atoms with van der Waals surface area (Å²) >= 11 is 0. The fourth-order valence-electron chi connectivity index (χ4n) is 5.88. The largest absolute Gasteiger partial charge is 0.445 e. The van der Waals surface area contributed by atoms with Crippen LogP contribution in [0.5, 0.6) is 0 Å². The van der Waals surface area contributed by atoms with Crippen LogP contribution in [-0.4, -0.2) is 39.7 Å². The molecule has 9 nitrogen and oxygen atoms in total. The van der Waals surface area contributed by atoms with Gasteiger partial charge in [-0.15, -0.1) is 9.46 Å². The van der Waals surface area contributed by atoms with E-state index in [9.17, 15) is 4.79 Å². The molecule has 0 radical (unpaired) electrons. The summed E-state index contributed by atoms with van der Waals surface area (Å²) in [6.45, 7) is 7.60. The van der Waals surface area contributed by atoms with Gasteiger partial charge in [-0.05, 0) is 84.5 Å². The Morgan fingerprint density at radius 3 is 2.28 bits per heavy atom. The quantitative estimate of drug-likeness (QED) is 0.129. The van der Waals surface area contributed by atoms with Crippen LogP contribution in [0.2, 0.25) is 25.7 Å². The van der Waals surface area contributed by atoms with Crippen LogP contribution in [0.25, 0.3) is 0 Å². The molecule has 4 aromatic rings. The van der Waals surface area contributed by atoms with Gasteiger partial charge >= 0.3 is 6.09 Å². The zero-order chi connectivity index (χ0) is 32.1. The Morgan fingerprint density at radius 1 is 0.978 bits per heavy atom. The molecular formula is C34H41N5O4S2Si. The van der Waals surface area contributed by atoms with Gasteiger partial charge in [0.2, 0.25) is 11.1 Å². The predicted molar refractivity (Wildman–Crippen MR) is 185 cm³/mol. The molecule has 2 aliphatic carbocycles. The van der Waals surface area contributed by atoms with Crippen molar-refractivity contribution in [2.24, 2.45) is 4.36 Å². The molecule has 46 heavy (non-hydrogen) atoms. The molecule has 0 spiro atoms. The van der Waals surface area contributed by atoms with Crippen LogP contribution < -0.4 is 5.32 Å². The maximum atomic E-state index is 15.1. The highest BCUT2D eigenvalue weighted by molar-refractivity contribution is 8.36. The Hall–Kier alpha value is -3.58. The summed E-state index contributed by atoms with van der Waals surface area (Å²) in [5.74, 6) is 0.356. The molecule has 0 saturated carbocycles. The van der Waals surface area contributed by atoms with E-state index in [1.807, 2.05) is 48.5 Å². The number of hydrogen-bond donors (Lipinski definition) is 1. The van der Waals surface area contributed by atoms with E-state index >= 15 is 4.21 Å². The molecule has 0 bridgehead atoms. The second-order valence-corrected chi connectivity index (χ2v) is 22.6. The molecule has 1 unspecified atom stereocenters. The molecule has 0 fully saturated rings. The molecule has 1 heterocycles. The third kappa shape index (κ3) is 7.51. The van der Waals surface area contributed by atoms with Crippen LogP contribution in [0.3, 0.4) is 0 Å². The molecule has 1 aromatic heterocycles. The van der Waals surface area contributed by atoms with Gasteiger partial charge in [0.15, 0.2) is 0 Å². The van der Waals surface area contributed by atoms with E-state index in [2.05, 4.69) is 35.4 Å². The van der Waals surface area contributed by atoms with Gasteiger partial charge in [-0.25, -0.2) is 13.7 Å². The van der Waals surface area contributed by atoms with Gasteiger partial charge in [-0.2, -0.15) is 4.98 Å². The molecule has 6 rings (SSSR count). The number of nitrogens with one attached hydrogen (secondary N) is 1. The molecular weight excluding hydrogens is 635 g/mol. The van der Waals surface area contributed by atoms with Gasteiger partial charge in [-0.3, -0.25) is 0 Å². The number of hydrogen-bond acceptors (Lipinski definition) is 7. The van der Waals surface area contributed by atoms with E-state index < -0.39 is 22.7 Å². The van der Waals surface area contributed by atoms with Crippen molar-refractivity contribution in [3.05, 3.63) is 94.5 Å². The molecule has 242 valence electrons. The average molecular weight is 676 g/mol. The number of ether oxygens (including phenoxy) is 2. The second-order valence-electron chi connectivity index (χ2n) is 12.9. The van der Waals surface area contributed by atoms with E-state index in [-0.39, 0.29) is 18.5 Å². The van der Waals surface area contributed by atoms with Crippen molar-refractivity contribution in [2.75, 3.05) is 11.9 Å². The number of nitrogens with zero attached hydrogens (tertiary/aromatic N) is 4. The lowest BCUT2D eigenvalue weighted by Crippen LogP contribution is -2.22. The smallest absolute Gasteiger partial charge is 0.442 e. The third-order valence-corrected chi connectivity index (χ3v) is 14.0. The summed E-state index contributed by atoms with van der Waals surface area (Å²) in [5, 5.41) is 8.56. The molecule has 2 aliphatic rings. The molecule has 1 amide bonds. The topological polar surface area (TPSA) is 108 Å². The highest BCUT2D eigenvalue weighted by Crippen LogP contribution is 2.39. The summed E-state index contributed by atoms with van der Waals surface area (Å²) < 4.78 is 32.2. The van der Waals surface area contributed by atoms with Crippen LogP contribution >= 0.6 is 0 Å². The lowest BCUT2D eigenvalue weighted by molar-refractivity contribution is 0.0718. The van der Waals surface area contributed by atoms with Crippen molar-refractivity contribution in [2.45, 2.75) is 87.6 Å². The number of rotatable bonds is 11. The summed E-state index contributed by atoms with van der Waals surface area (Å²) in [5.41, 5.74) is 7.39. The van der Waals surface area contributed by atoms with E-state index in [1.165, 1.54) is 22.3 Å². The Morgan fingerprint density at radius 2 is 1.63 bits per heavy atom. The van der Waals surface area contributed by atoms with E-state index in [4.69, 9.17) is 19.6 Å². The summed E-state index contributed by atoms with van der Waals surface area (Å²) in [6, 6.07) is 21.7. The molecule has 3 aromatic carbocycles. The zero-order valence-electron chi connectivity index (χ0n) is 26.7. The van der Waals surface area contributed by atoms with Crippen molar-refractivity contribution >= 4 is 44.4 Å². The fraction of sp³-hybridized carbons (Fsp3) is 0.382. The van der Waals surface area contributed by atoms with Gasteiger partial charge in [0.05, 0.1) is 0 Å². The van der Waals surface area contributed by atoms with Gasteiger partial charge in [0.25, 0.3) is 0 Å². The number of anilines is 2. The SMILES string of the molecule is C[Si](C)(C)CCOCn1nc(Nc2c3c(cc4c2CCC4)CCC3)nc1S(=O)(=S=NC(=O)OCc1ccccc1)c1ccccc1. The number of amides is 1. The van der Waals surface area contributed by atoms with Crippen LogP contribution in [-0.2, 0) is 67.1 Å². The van der Waals surface area contributed by atoms with E-state index in [0.29, 0.717) is 27.6 Å². The fourth-order valence-corrected chi connectivity index (χ4v) is 9.97. The first kappa shape index (κ1) is 32.4. The lowest BCUT2D eigenvalue weighted by atomic mass is 9.99. The standard InChI is InChI=1S/C34H41N5O4S2Si/c1-46(2,3)21-20-42-24-39-33(36-32(37-39)35-31-29-18-10-14-26(29)22-27-15-11-19-30(27)31)45(41,28-16-8-5-9-17-28)44-38-34(40)43-23-25-12-6-4-7-13-25/h4-9,12-13,16-17,22H,10-11,14-15,18-21,23-24H2,1-3H3,(H,35,37). The first-order valence-electron chi connectivity index (χ1n) is 15.9. The number of carbonyl (C=O) groups is 1. The summed E-state index contributed by atoms with van der Waals surface area (Å²) in [4.78, 5) is 18.1. The average Bonchev–Trinajstić information content (AvgIpc) is 3.82. The Balaban J connectivity index is 1.39. The normalized spacial score (nSPS) is 15.1. The minimum Gasteiger partial charge on any atom is -0.442 e. The number of benzene rings is 3. The van der Waals surface area contributed by atoms with Gasteiger partial charge < -0.3 is 14.8 Å². The maximum Gasteiger partial charge on any atom is 0.445 e. The van der Waals surface area contributed by atoms with Crippen LogP contribution in [0.1, 0.15) is 40.7 Å². The Bertz CT molecular complexity index is 1840. The molecule has 0 saturated heterocycles. The van der Waals surface area contributed by atoms with Crippen molar-refractivity contribution in [1.82, 2.24) is 14.8 Å². The van der Waals surface area contributed by atoms with Crippen molar-refractivity contribution in [1.29, 1.82) is 0 Å². The number of aryl methyl sites for hydroxylation is 2. The first-order valence-corrected chi connectivity index (χ1v) is 22.4. The van der Waals surface area contributed by atoms with Crippen molar-refractivity contribution in [3.63, 3.8) is 0 Å². The highest BCUT2D eigenvalue weighted by Gasteiger charge is 2.28. The monoisotopic (exact) mass is 675 g/mol. The van der Waals surface area contributed by atoms with Gasteiger partial charge in [-0.1, -0.05) is 74.2 Å². The van der Waals surface area contributed by atoms with E-state index in [1.54, 1.807) is 16.8 Å². The van der Waals surface area contributed by atoms with Gasteiger partial charge in [0.1, 0.15) is 21.8 Å². The van der Waals surface area contributed by atoms with Crippen molar-refractivity contribution < 1.29 is 18.5 Å². The van der Waals surface area contributed by atoms with Crippen LogP contribution in [0.4, 0.5) is 16.4 Å². The second kappa shape index (κ2) is 14.0. The molecule has 1 atom stereocenters. The number of aromatic nitrogens is 3. The van der Waals surface area contributed by atoms with Crippen LogP contribution in [0.15, 0.2) is 81.1 Å². The predicted octanol–water partition coefficient (Wildman–Crippen LogP) is 7.53.